The van der Waals surface area contributed by atoms with Gasteiger partial charge in [0.15, 0.2) is 0 Å². The van der Waals surface area contributed by atoms with Crippen molar-refractivity contribution < 1.29 is 9.90 Å². The largest absolute Gasteiger partial charge is 0.508 e. The summed E-state index contributed by atoms with van der Waals surface area (Å²) in [5.41, 5.74) is 3.92. The van der Waals surface area contributed by atoms with E-state index in [9.17, 15) is 9.90 Å². The molecule has 2 aliphatic rings. The van der Waals surface area contributed by atoms with Gasteiger partial charge in [-0.05, 0) is 54.0 Å². The van der Waals surface area contributed by atoms with Gasteiger partial charge in [0, 0.05) is 17.2 Å². The second-order valence-corrected chi connectivity index (χ2v) is 7.60. The Kier molecular flexibility index (Phi) is 3.22. The molecule has 4 rings (SSSR count). The summed E-state index contributed by atoms with van der Waals surface area (Å²) in [7, 11) is 0. The molecule has 22 heavy (non-hydrogen) atoms. The van der Waals surface area contributed by atoms with Gasteiger partial charge in [-0.15, -0.1) is 11.3 Å². The molecule has 2 unspecified atom stereocenters. The molecule has 0 fully saturated rings. The first-order valence-electron chi connectivity index (χ1n) is 7.85. The van der Waals surface area contributed by atoms with Crippen molar-refractivity contribution in [3.63, 3.8) is 0 Å². The standard InChI is InChI=1S/C18H19NO2S/c1-10-2-7-13-15(8-10)22-18-17(13)14(9-16(21)19-18)11-3-5-12(20)6-4-11/h3-6,10,14,20H,2,7-9H2,1H3,(H,19,21). The van der Waals surface area contributed by atoms with E-state index in [4.69, 9.17) is 0 Å². The Balaban J connectivity index is 1.82. The first-order chi connectivity index (χ1) is 10.6. The molecule has 1 aliphatic heterocycles. The lowest BCUT2D eigenvalue weighted by atomic mass is 9.80. The van der Waals surface area contributed by atoms with Crippen molar-refractivity contribution in [3.05, 3.63) is 45.8 Å². The molecule has 2 N–H and O–H groups in total. The minimum Gasteiger partial charge on any atom is -0.508 e. The fourth-order valence-electron chi connectivity index (χ4n) is 3.69. The van der Waals surface area contributed by atoms with Crippen molar-refractivity contribution >= 4 is 22.2 Å². The van der Waals surface area contributed by atoms with Gasteiger partial charge >= 0.3 is 0 Å². The summed E-state index contributed by atoms with van der Waals surface area (Å²) in [6.07, 6.45) is 3.97. The fourth-order valence-corrected chi connectivity index (χ4v) is 5.18. The van der Waals surface area contributed by atoms with Crippen LogP contribution in [0.4, 0.5) is 5.00 Å². The first-order valence-corrected chi connectivity index (χ1v) is 8.66. The van der Waals surface area contributed by atoms with Gasteiger partial charge in [0.05, 0.1) is 5.00 Å². The van der Waals surface area contributed by atoms with Crippen molar-refractivity contribution in [1.29, 1.82) is 0 Å². The number of nitrogens with one attached hydrogen (secondary N) is 1. The molecule has 1 aromatic heterocycles. The highest BCUT2D eigenvalue weighted by molar-refractivity contribution is 7.16. The summed E-state index contributed by atoms with van der Waals surface area (Å²) >= 11 is 1.77. The van der Waals surface area contributed by atoms with Crippen LogP contribution in [0.5, 0.6) is 5.75 Å². The number of hydrogen-bond donors (Lipinski definition) is 2. The zero-order valence-electron chi connectivity index (χ0n) is 12.6. The Morgan fingerprint density at radius 2 is 2.00 bits per heavy atom. The van der Waals surface area contributed by atoms with Crippen molar-refractivity contribution in [2.45, 2.75) is 38.5 Å². The molecule has 0 spiro atoms. The van der Waals surface area contributed by atoms with Gasteiger partial charge in [-0.2, -0.15) is 0 Å². The quantitative estimate of drug-likeness (QED) is 0.834. The molecular formula is C18H19NO2S. The van der Waals surface area contributed by atoms with E-state index in [1.807, 2.05) is 12.1 Å². The van der Waals surface area contributed by atoms with E-state index in [-0.39, 0.29) is 17.6 Å². The van der Waals surface area contributed by atoms with Crippen LogP contribution in [-0.4, -0.2) is 11.0 Å². The summed E-state index contributed by atoms with van der Waals surface area (Å²) in [6, 6.07) is 7.31. The third kappa shape index (κ3) is 2.22. The SMILES string of the molecule is CC1CCc2c(sc3c2C(c2ccc(O)cc2)CC(=O)N3)C1. The number of phenolic OH excluding ortho intramolecular Hbond substituents is 1. The minimum atomic E-state index is 0.0946. The zero-order valence-corrected chi connectivity index (χ0v) is 13.4. The maximum atomic E-state index is 12.1. The first kappa shape index (κ1) is 13.8. The van der Waals surface area contributed by atoms with Crippen LogP contribution in [0.3, 0.4) is 0 Å². The fraction of sp³-hybridized carbons (Fsp3) is 0.389. The number of anilines is 1. The number of phenols is 1. The summed E-state index contributed by atoms with van der Waals surface area (Å²) in [5.74, 6) is 1.22. The minimum absolute atomic E-state index is 0.0946. The number of carbonyl (C=O) groups is 1. The highest BCUT2D eigenvalue weighted by atomic mass is 32.1. The van der Waals surface area contributed by atoms with E-state index in [0.717, 1.165) is 29.3 Å². The van der Waals surface area contributed by atoms with Crippen LogP contribution in [0, 0.1) is 5.92 Å². The average molecular weight is 313 g/mol. The molecule has 0 saturated heterocycles. The van der Waals surface area contributed by atoms with E-state index >= 15 is 0 Å². The number of rotatable bonds is 1. The Morgan fingerprint density at radius 1 is 1.23 bits per heavy atom. The van der Waals surface area contributed by atoms with Crippen molar-refractivity contribution in [2.75, 3.05) is 5.32 Å². The average Bonchev–Trinajstić information content (AvgIpc) is 2.84. The highest BCUT2D eigenvalue weighted by Crippen LogP contribution is 2.48. The van der Waals surface area contributed by atoms with Gasteiger partial charge in [-0.25, -0.2) is 0 Å². The van der Waals surface area contributed by atoms with Crippen LogP contribution in [0.2, 0.25) is 0 Å². The van der Waals surface area contributed by atoms with Crippen molar-refractivity contribution in [3.8, 4) is 5.75 Å². The lowest BCUT2D eigenvalue weighted by molar-refractivity contribution is -0.116. The van der Waals surface area contributed by atoms with Crippen LogP contribution in [0.25, 0.3) is 0 Å². The number of carbonyl (C=O) groups excluding carboxylic acids is 1. The topological polar surface area (TPSA) is 49.3 Å². The zero-order chi connectivity index (χ0) is 15.3. The van der Waals surface area contributed by atoms with Crippen molar-refractivity contribution in [2.24, 2.45) is 5.92 Å². The third-order valence-electron chi connectivity index (χ3n) is 4.84. The monoisotopic (exact) mass is 313 g/mol. The summed E-state index contributed by atoms with van der Waals surface area (Å²) in [5, 5.41) is 13.6. The number of hydrogen-bond acceptors (Lipinski definition) is 3. The lowest BCUT2D eigenvalue weighted by Gasteiger charge is -2.26. The summed E-state index contributed by atoms with van der Waals surface area (Å²) in [6.45, 7) is 2.30. The maximum absolute atomic E-state index is 12.1. The molecule has 1 amide bonds. The molecule has 0 radical (unpaired) electrons. The predicted molar refractivity (Wildman–Crippen MR) is 88.7 cm³/mol. The predicted octanol–water partition coefficient (Wildman–Crippen LogP) is 4.05. The molecule has 4 heteroatoms. The van der Waals surface area contributed by atoms with Gasteiger partial charge in [0.1, 0.15) is 5.75 Å². The van der Waals surface area contributed by atoms with Gasteiger partial charge < -0.3 is 10.4 Å². The van der Waals surface area contributed by atoms with Crippen LogP contribution in [0.15, 0.2) is 24.3 Å². The Labute approximate surface area is 134 Å². The summed E-state index contributed by atoms with van der Waals surface area (Å²) in [4.78, 5) is 13.6. The second-order valence-electron chi connectivity index (χ2n) is 6.49. The molecule has 2 heterocycles. The van der Waals surface area contributed by atoms with E-state index in [0.29, 0.717) is 6.42 Å². The normalized spacial score (nSPS) is 23.6. The van der Waals surface area contributed by atoms with Crippen LogP contribution < -0.4 is 5.32 Å². The van der Waals surface area contributed by atoms with Crippen molar-refractivity contribution in [1.82, 2.24) is 0 Å². The molecule has 2 atom stereocenters. The molecule has 2 aromatic rings. The maximum Gasteiger partial charge on any atom is 0.225 e. The molecule has 1 aliphatic carbocycles. The Morgan fingerprint density at radius 3 is 2.77 bits per heavy atom. The molecule has 1 aromatic carbocycles. The van der Waals surface area contributed by atoms with Crippen LogP contribution in [-0.2, 0) is 17.6 Å². The van der Waals surface area contributed by atoms with Crippen LogP contribution >= 0.6 is 11.3 Å². The second kappa shape index (κ2) is 5.13. The van der Waals surface area contributed by atoms with Gasteiger partial charge in [-0.3, -0.25) is 4.79 Å². The van der Waals surface area contributed by atoms with E-state index in [1.165, 1.54) is 22.4 Å². The molecule has 0 saturated carbocycles. The molecule has 114 valence electrons. The van der Waals surface area contributed by atoms with E-state index in [1.54, 1.807) is 23.5 Å². The summed E-state index contributed by atoms with van der Waals surface area (Å²) < 4.78 is 0. The molecule has 0 bridgehead atoms. The molecular weight excluding hydrogens is 294 g/mol. The Bertz CT molecular complexity index is 732. The number of benzene rings is 1. The van der Waals surface area contributed by atoms with E-state index < -0.39 is 0 Å². The van der Waals surface area contributed by atoms with E-state index in [2.05, 4.69) is 12.2 Å². The van der Waals surface area contributed by atoms with Crippen LogP contribution in [0.1, 0.15) is 47.3 Å². The van der Waals surface area contributed by atoms with Gasteiger partial charge in [-0.1, -0.05) is 19.1 Å². The lowest BCUT2D eigenvalue weighted by Crippen LogP contribution is -2.23. The third-order valence-corrected chi connectivity index (χ3v) is 6.02. The highest BCUT2D eigenvalue weighted by Gasteiger charge is 2.34. The van der Waals surface area contributed by atoms with Gasteiger partial charge in [0.2, 0.25) is 5.91 Å². The smallest absolute Gasteiger partial charge is 0.225 e. The van der Waals surface area contributed by atoms with Gasteiger partial charge in [0.25, 0.3) is 0 Å². The molecule has 3 nitrogen and oxygen atoms in total. The Hall–Kier alpha value is -1.81. The number of aromatic hydroxyl groups is 1. The number of thiophene rings is 1. The number of amides is 1. The number of fused-ring (bicyclic) bond motifs is 3.